The maximum atomic E-state index is 12.6. The molecule has 0 aliphatic carbocycles. The Kier molecular flexibility index (Phi) is 3.87. The second-order valence-corrected chi connectivity index (χ2v) is 6.96. The highest BCUT2D eigenvalue weighted by molar-refractivity contribution is 6.21. The smallest absolute Gasteiger partial charge is 0.261 e. The quantitative estimate of drug-likeness (QED) is 0.802. The van der Waals surface area contributed by atoms with Gasteiger partial charge in [-0.15, -0.1) is 0 Å². The number of imide groups is 1. The highest BCUT2D eigenvalue weighted by Crippen LogP contribution is 2.30. The molecule has 0 radical (unpaired) electrons. The molecular weight excluding hydrogens is 328 g/mol. The summed E-state index contributed by atoms with van der Waals surface area (Å²) in [5.74, 6) is -0.389. The average molecular weight is 348 g/mol. The number of hydrogen-bond acceptors (Lipinski definition) is 3. The van der Waals surface area contributed by atoms with Crippen LogP contribution in [0.1, 0.15) is 45.7 Å². The number of carbonyl (C=O) groups is 3. The van der Waals surface area contributed by atoms with Crippen molar-refractivity contribution < 1.29 is 14.4 Å². The predicted octanol–water partition coefficient (Wildman–Crippen LogP) is 2.82. The van der Waals surface area contributed by atoms with Crippen molar-refractivity contribution in [1.82, 2.24) is 4.90 Å². The minimum Gasteiger partial charge on any atom is -0.312 e. The van der Waals surface area contributed by atoms with Crippen molar-refractivity contribution in [2.24, 2.45) is 0 Å². The number of nitrogens with zero attached hydrogens (tertiary/aromatic N) is 2. The zero-order valence-electron chi connectivity index (χ0n) is 14.9. The molecule has 0 N–H and O–H groups in total. The summed E-state index contributed by atoms with van der Waals surface area (Å²) in [5.41, 5.74) is 4.14. The molecule has 0 unspecified atom stereocenters. The van der Waals surface area contributed by atoms with Crippen molar-refractivity contribution >= 4 is 23.4 Å². The number of fused-ring (bicyclic) bond motifs is 2. The van der Waals surface area contributed by atoms with Gasteiger partial charge >= 0.3 is 0 Å². The van der Waals surface area contributed by atoms with E-state index in [0.29, 0.717) is 24.1 Å². The molecule has 5 nitrogen and oxygen atoms in total. The van der Waals surface area contributed by atoms with Gasteiger partial charge in [0.15, 0.2) is 0 Å². The van der Waals surface area contributed by atoms with Crippen LogP contribution in [0.2, 0.25) is 0 Å². The maximum Gasteiger partial charge on any atom is 0.261 e. The molecular formula is C21H20N2O3. The van der Waals surface area contributed by atoms with Crippen LogP contribution in [0.15, 0.2) is 42.5 Å². The standard InChI is InChI=1S/C21H20N2O3/c1-13(23-20(25)17-5-3-4-6-18(17)21(23)26)11-15-7-8-19-16(12-15)9-10-22(19)14(2)24/h3-8,12-13H,9-11H2,1-2H3/t13-/m1/s1. The molecule has 2 aliphatic rings. The molecule has 0 fully saturated rings. The summed E-state index contributed by atoms with van der Waals surface area (Å²) in [4.78, 5) is 40.0. The molecule has 1 atom stereocenters. The third kappa shape index (κ3) is 2.51. The van der Waals surface area contributed by atoms with E-state index >= 15 is 0 Å². The van der Waals surface area contributed by atoms with Crippen molar-refractivity contribution in [3.8, 4) is 0 Å². The van der Waals surface area contributed by atoms with E-state index in [1.807, 2.05) is 19.1 Å². The Morgan fingerprint density at radius 2 is 1.73 bits per heavy atom. The third-order valence-electron chi connectivity index (χ3n) is 5.22. The normalized spacial score (nSPS) is 16.7. The zero-order chi connectivity index (χ0) is 18.4. The topological polar surface area (TPSA) is 57.7 Å². The van der Waals surface area contributed by atoms with E-state index < -0.39 is 0 Å². The van der Waals surface area contributed by atoms with E-state index in [1.54, 1.807) is 36.1 Å². The summed E-state index contributed by atoms with van der Waals surface area (Å²) in [7, 11) is 0. The summed E-state index contributed by atoms with van der Waals surface area (Å²) in [6, 6.07) is 12.8. The summed E-state index contributed by atoms with van der Waals surface area (Å²) >= 11 is 0. The first-order chi connectivity index (χ1) is 12.5. The first kappa shape index (κ1) is 16.5. The first-order valence-corrected chi connectivity index (χ1v) is 8.84. The van der Waals surface area contributed by atoms with Crippen molar-refractivity contribution in [3.05, 3.63) is 64.7 Å². The van der Waals surface area contributed by atoms with Gasteiger partial charge in [0.05, 0.1) is 11.1 Å². The average Bonchev–Trinajstić information content (AvgIpc) is 3.15. The number of anilines is 1. The molecule has 2 aromatic carbocycles. The van der Waals surface area contributed by atoms with E-state index in [4.69, 9.17) is 0 Å². The molecule has 3 amide bonds. The van der Waals surface area contributed by atoms with Crippen LogP contribution in [0.4, 0.5) is 5.69 Å². The third-order valence-corrected chi connectivity index (χ3v) is 5.22. The van der Waals surface area contributed by atoms with Crippen molar-refractivity contribution in [2.75, 3.05) is 11.4 Å². The number of carbonyl (C=O) groups excluding carboxylic acids is 3. The number of rotatable bonds is 3. The minimum absolute atomic E-state index is 0.0518. The molecule has 5 heteroatoms. The van der Waals surface area contributed by atoms with Crippen LogP contribution in [0.3, 0.4) is 0 Å². The van der Waals surface area contributed by atoms with Crippen LogP contribution < -0.4 is 4.90 Å². The van der Waals surface area contributed by atoms with Gasteiger partial charge in [-0.05, 0) is 49.1 Å². The molecule has 2 heterocycles. The fraction of sp³-hybridized carbons (Fsp3) is 0.286. The monoisotopic (exact) mass is 348 g/mol. The second-order valence-electron chi connectivity index (χ2n) is 6.96. The number of hydrogen-bond donors (Lipinski definition) is 0. The Hall–Kier alpha value is -2.95. The van der Waals surface area contributed by atoms with Crippen molar-refractivity contribution in [2.45, 2.75) is 32.7 Å². The van der Waals surface area contributed by atoms with E-state index in [-0.39, 0.29) is 23.8 Å². The lowest BCUT2D eigenvalue weighted by Crippen LogP contribution is -2.39. The lowest BCUT2D eigenvalue weighted by atomic mass is 10.0. The van der Waals surface area contributed by atoms with Gasteiger partial charge < -0.3 is 4.90 Å². The summed E-state index contributed by atoms with van der Waals surface area (Å²) < 4.78 is 0. The van der Waals surface area contributed by atoms with Crippen molar-refractivity contribution in [1.29, 1.82) is 0 Å². The van der Waals surface area contributed by atoms with Gasteiger partial charge in [0.25, 0.3) is 11.8 Å². The van der Waals surface area contributed by atoms with Crippen LogP contribution in [0.25, 0.3) is 0 Å². The van der Waals surface area contributed by atoms with Crippen molar-refractivity contribution in [3.63, 3.8) is 0 Å². The lowest BCUT2D eigenvalue weighted by Gasteiger charge is -2.23. The lowest BCUT2D eigenvalue weighted by molar-refractivity contribution is -0.116. The molecule has 0 aromatic heterocycles. The van der Waals surface area contributed by atoms with Gasteiger partial charge in [-0.25, -0.2) is 0 Å². The molecule has 0 saturated carbocycles. The summed E-state index contributed by atoms with van der Waals surface area (Å²) in [6.07, 6.45) is 1.43. The van der Waals surface area contributed by atoms with Gasteiger partial charge in [0, 0.05) is 25.2 Å². The molecule has 2 aromatic rings. The number of benzene rings is 2. The van der Waals surface area contributed by atoms with E-state index in [1.165, 1.54) is 4.90 Å². The minimum atomic E-state index is -0.231. The molecule has 2 aliphatic heterocycles. The van der Waals surface area contributed by atoms with E-state index in [0.717, 1.165) is 23.2 Å². The first-order valence-electron chi connectivity index (χ1n) is 8.84. The Bertz CT molecular complexity index is 900. The van der Waals surface area contributed by atoms with Gasteiger partial charge in [-0.2, -0.15) is 0 Å². The zero-order valence-corrected chi connectivity index (χ0v) is 14.9. The summed E-state index contributed by atoms with van der Waals surface area (Å²) in [6.45, 7) is 4.19. The Balaban J connectivity index is 1.55. The van der Waals surface area contributed by atoms with Gasteiger partial charge in [0.1, 0.15) is 0 Å². The molecule has 0 bridgehead atoms. The van der Waals surface area contributed by atoms with E-state index in [2.05, 4.69) is 6.07 Å². The van der Waals surface area contributed by atoms with Gasteiger partial charge in [-0.3, -0.25) is 19.3 Å². The number of amides is 3. The molecule has 0 spiro atoms. The van der Waals surface area contributed by atoms with E-state index in [9.17, 15) is 14.4 Å². The SMILES string of the molecule is CC(=O)N1CCc2cc(C[C@@H](C)N3C(=O)c4ccccc4C3=O)ccc21. The maximum absolute atomic E-state index is 12.6. The Labute approximate surface area is 152 Å². The highest BCUT2D eigenvalue weighted by atomic mass is 16.2. The highest BCUT2D eigenvalue weighted by Gasteiger charge is 2.38. The second kappa shape index (κ2) is 6.09. The fourth-order valence-electron chi connectivity index (χ4n) is 3.95. The fourth-order valence-corrected chi connectivity index (χ4v) is 3.95. The Morgan fingerprint density at radius 3 is 2.35 bits per heavy atom. The largest absolute Gasteiger partial charge is 0.312 e. The Morgan fingerprint density at radius 1 is 1.08 bits per heavy atom. The molecule has 26 heavy (non-hydrogen) atoms. The molecule has 0 saturated heterocycles. The van der Waals surface area contributed by atoms with Crippen LogP contribution in [0.5, 0.6) is 0 Å². The summed E-state index contributed by atoms with van der Waals surface area (Å²) in [5, 5.41) is 0. The van der Waals surface area contributed by atoms with Crippen LogP contribution in [-0.2, 0) is 17.6 Å². The van der Waals surface area contributed by atoms with Gasteiger partial charge in [-0.1, -0.05) is 24.3 Å². The molecule has 132 valence electrons. The predicted molar refractivity (Wildman–Crippen MR) is 98.3 cm³/mol. The van der Waals surface area contributed by atoms with Crippen LogP contribution in [0, 0.1) is 0 Å². The van der Waals surface area contributed by atoms with Crippen LogP contribution >= 0.6 is 0 Å². The van der Waals surface area contributed by atoms with Crippen LogP contribution in [-0.4, -0.2) is 35.2 Å². The van der Waals surface area contributed by atoms with Gasteiger partial charge in [0.2, 0.25) is 5.91 Å². The molecule has 4 rings (SSSR count).